The normalized spacial score (nSPS) is 21.1. The Balaban J connectivity index is 2.01. The van der Waals surface area contributed by atoms with E-state index in [0.29, 0.717) is 25.0 Å². The maximum Gasteiger partial charge on any atom is 0.222 e. The van der Waals surface area contributed by atoms with E-state index >= 15 is 0 Å². The third kappa shape index (κ3) is 6.08. The van der Waals surface area contributed by atoms with E-state index in [1.54, 1.807) is 0 Å². The third-order valence-electron chi connectivity index (χ3n) is 2.59. The van der Waals surface area contributed by atoms with Crippen molar-refractivity contribution in [3.05, 3.63) is 0 Å². The maximum atomic E-state index is 11.5. The highest BCUT2D eigenvalue weighted by Crippen LogP contribution is 2.01. The first-order valence-electron chi connectivity index (χ1n) is 6.26. The van der Waals surface area contributed by atoms with Gasteiger partial charge in [-0.1, -0.05) is 13.8 Å². The summed E-state index contributed by atoms with van der Waals surface area (Å²) in [4.78, 5) is 11.5. The summed E-state index contributed by atoms with van der Waals surface area (Å²) < 4.78 is 5.38. The molecule has 0 aliphatic carbocycles. The van der Waals surface area contributed by atoms with Crippen LogP contribution in [-0.2, 0) is 9.53 Å². The van der Waals surface area contributed by atoms with Crippen molar-refractivity contribution < 1.29 is 9.53 Å². The Hall–Kier alpha value is -0.610. The van der Waals surface area contributed by atoms with Crippen LogP contribution in [0.5, 0.6) is 0 Å². The molecule has 4 nitrogen and oxygen atoms in total. The Morgan fingerprint density at radius 1 is 1.56 bits per heavy atom. The van der Waals surface area contributed by atoms with Gasteiger partial charge in [-0.25, -0.2) is 0 Å². The Morgan fingerprint density at radius 2 is 2.38 bits per heavy atom. The molecule has 0 bridgehead atoms. The second-order valence-corrected chi connectivity index (χ2v) is 4.83. The van der Waals surface area contributed by atoms with Crippen LogP contribution >= 0.6 is 0 Å². The fourth-order valence-corrected chi connectivity index (χ4v) is 1.76. The fraction of sp³-hybridized carbons (Fsp3) is 0.917. The van der Waals surface area contributed by atoms with Gasteiger partial charge in [-0.15, -0.1) is 0 Å². The molecule has 0 aromatic heterocycles. The molecular weight excluding hydrogens is 204 g/mol. The predicted molar refractivity (Wildman–Crippen MR) is 64.3 cm³/mol. The van der Waals surface area contributed by atoms with Gasteiger partial charge in [0.15, 0.2) is 0 Å². The smallest absolute Gasteiger partial charge is 0.222 e. The number of carbonyl (C=O) groups is 1. The summed E-state index contributed by atoms with van der Waals surface area (Å²) in [6.45, 7) is 7.45. The summed E-state index contributed by atoms with van der Waals surface area (Å²) in [5, 5.41) is 6.30. The Kier molecular flexibility index (Phi) is 6.42. The summed E-state index contributed by atoms with van der Waals surface area (Å²) in [5.74, 6) is 0.642. The van der Waals surface area contributed by atoms with Crippen LogP contribution in [0.15, 0.2) is 0 Å². The van der Waals surface area contributed by atoms with Gasteiger partial charge < -0.3 is 15.4 Å². The minimum Gasteiger partial charge on any atom is -0.381 e. The first-order chi connectivity index (χ1) is 7.68. The highest BCUT2D eigenvalue weighted by molar-refractivity contribution is 5.76. The van der Waals surface area contributed by atoms with E-state index in [-0.39, 0.29) is 5.91 Å². The topological polar surface area (TPSA) is 50.4 Å². The van der Waals surface area contributed by atoms with Crippen molar-refractivity contribution in [2.75, 3.05) is 26.3 Å². The SMILES string of the molecule is CC(C)COCCC(=O)N[C@H]1CCCNC1. The lowest BCUT2D eigenvalue weighted by Crippen LogP contribution is -2.45. The van der Waals surface area contributed by atoms with Crippen LogP contribution in [0.3, 0.4) is 0 Å². The van der Waals surface area contributed by atoms with Crippen LogP contribution in [-0.4, -0.2) is 38.3 Å². The lowest BCUT2D eigenvalue weighted by Gasteiger charge is -2.23. The second kappa shape index (κ2) is 7.63. The summed E-state index contributed by atoms with van der Waals surface area (Å²) >= 11 is 0. The zero-order valence-electron chi connectivity index (χ0n) is 10.4. The second-order valence-electron chi connectivity index (χ2n) is 4.83. The Morgan fingerprint density at radius 3 is 3.00 bits per heavy atom. The van der Waals surface area contributed by atoms with Crippen LogP contribution < -0.4 is 10.6 Å². The predicted octanol–water partition coefficient (Wildman–Crippen LogP) is 0.917. The summed E-state index contributed by atoms with van der Waals surface area (Å²) in [7, 11) is 0. The minimum absolute atomic E-state index is 0.109. The molecular formula is C12H24N2O2. The van der Waals surface area contributed by atoms with E-state index in [0.717, 1.165) is 32.5 Å². The van der Waals surface area contributed by atoms with Gasteiger partial charge in [-0.05, 0) is 25.3 Å². The zero-order valence-corrected chi connectivity index (χ0v) is 10.4. The molecule has 1 rings (SSSR count). The van der Waals surface area contributed by atoms with Crippen molar-refractivity contribution >= 4 is 5.91 Å². The first kappa shape index (κ1) is 13.5. The number of nitrogens with one attached hydrogen (secondary N) is 2. The molecule has 1 aliphatic heterocycles. The van der Waals surface area contributed by atoms with E-state index in [9.17, 15) is 4.79 Å². The number of ether oxygens (including phenoxy) is 1. The average Bonchev–Trinajstić information content (AvgIpc) is 2.25. The summed E-state index contributed by atoms with van der Waals surface area (Å²) in [6.07, 6.45) is 2.71. The van der Waals surface area contributed by atoms with Gasteiger partial charge in [-0.2, -0.15) is 0 Å². The van der Waals surface area contributed by atoms with E-state index in [2.05, 4.69) is 24.5 Å². The lowest BCUT2D eigenvalue weighted by atomic mass is 10.1. The van der Waals surface area contributed by atoms with Gasteiger partial charge in [0.25, 0.3) is 0 Å². The highest BCUT2D eigenvalue weighted by Gasteiger charge is 2.14. The van der Waals surface area contributed by atoms with Crippen molar-refractivity contribution in [3.63, 3.8) is 0 Å². The van der Waals surface area contributed by atoms with Gasteiger partial charge in [-0.3, -0.25) is 4.79 Å². The van der Waals surface area contributed by atoms with Crippen LogP contribution in [0.25, 0.3) is 0 Å². The monoisotopic (exact) mass is 228 g/mol. The molecule has 1 saturated heterocycles. The van der Waals surface area contributed by atoms with Crippen molar-refractivity contribution in [2.45, 2.75) is 39.2 Å². The molecule has 1 atom stereocenters. The van der Waals surface area contributed by atoms with E-state index < -0.39 is 0 Å². The molecule has 94 valence electrons. The van der Waals surface area contributed by atoms with Crippen molar-refractivity contribution in [2.24, 2.45) is 5.92 Å². The number of piperidine rings is 1. The van der Waals surface area contributed by atoms with Gasteiger partial charge in [0, 0.05) is 25.6 Å². The molecule has 0 aromatic carbocycles. The number of hydrogen-bond acceptors (Lipinski definition) is 3. The molecule has 1 fully saturated rings. The molecule has 1 heterocycles. The first-order valence-corrected chi connectivity index (χ1v) is 6.26. The molecule has 4 heteroatoms. The Bertz CT molecular complexity index is 201. The molecule has 16 heavy (non-hydrogen) atoms. The largest absolute Gasteiger partial charge is 0.381 e. The van der Waals surface area contributed by atoms with Crippen LogP contribution in [0.4, 0.5) is 0 Å². The molecule has 0 aromatic rings. The molecule has 1 amide bonds. The molecule has 0 saturated carbocycles. The van der Waals surface area contributed by atoms with Gasteiger partial charge in [0.1, 0.15) is 0 Å². The zero-order chi connectivity index (χ0) is 11.8. The number of carbonyl (C=O) groups excluding carboxylic acids is 1. The van der Waals surface area contributed by atoms with Gasteiger partial charge in [0.2, 0.25) is 5.91 Å². The molecule has 0 radical (unpaired) electrons. The Labute approximate surface area is 98.1 Å². The van der Waals surface area contributed by atoms with Crippen molar-refractivity contribution in [1.82, 2.24) is 10.6 Å². The summed E-state index contributed by atoms with van der Waals surface area (Å²) in [6, 6.07) is 0.311. The lowest BCUT2D eigenvalue weighted by molar-refractivity contribution is -0.123. The fourth-order valence-electron chi connectivity index (χ4n) is 1.76. The molecule has 2 N–H and O–H groups in total. The molecule has 0 spiro atoms. The van der Waals surface area contributed by atoms with E-state index in [1.165, 1.54) is 0 Å². The van der Waals surface area contributed by atoms with Crippen LogP contribution in [0.1, 0.15) is 33.1 Å². The van der Waals surface area contributed by atoms with E-state index in [4.69, 9.17) is 4.74 Å². The number of hydrogen-bond donors (Lipinski definition) is 2. The van der Waals surface area contributed by atoms with Gasteiger partial charge >= 0.3 is 0 Å². The minimum atomic E-state index is 0.109. The number of rotatable bonds is 6. The van der Waals surface area contributed by atoms with Crippen LogP contribution in [0.2, 0.25) is 0 Å². The maximum absolute atomic E-state index is 11.5. The van der Waals surface area contributed by atoms with Crippen molar-refractivity contribution in [1.29, 1.82) is 0 Å². The van der Waals surface area contributed by atoms with Crippen LogP contribution in [0, 0.1) is 5.92 Å². The van der Waals surface area contributed by atoms with Crippen molar-refractivity contribution in [3.8, 4) is 0 Å². The standard InChI is InChI=1S/C12H24N2O2/c1-10(2)9-16-7-5-12(15)14-11-4-3-6-13-8-11/h10-11,13H,3-9H2,1-2H3,(H,14,15)/t11-/m0/s1. The van der Waals surface area contributed by atoms with E-state index in [1.807, 2.05) is 0 Å². The number of amides is 1. The highest BCUT2D eigenvalue weighted by atomic mass is 16.5. The molecule has 0 unspecified atom stereocenters. The third-order valence-corrected chi connectivity index (χ3v) is 2.59. The average molecular weight is 228 g/mol. The quantitative estimate of drug-likeness (QED) is 0.665. The van der Waals surface area contributed by atoms with Gasteiger partial charge in [0.05, 0.1) is 6.61 Å². The molecule has 1 aliphatic rings. The summed E-state index contributed by atoms with van der Waals surface area (Å²) in [5.41, 5.74) is 0.